The third-order valence-corrected chi connectivity index (χ3v) is 6.25. The number of hydrogen-bond acceptors (Lipinski definition) is 4. The maximum Gasteiger partial charge on any atom is 0.322 e. The van der Waals surface area contributed by atoms with Crippen LogP contribution in [0.3, 0.4) is 0 Å². The second-order valence-electron chi connectivity index (χ2n) is 7.83. The van der Waals surface area contributed by atoms with Crippen molar-refractivity contribution in [3.63, 3.8) is 0 Å². The first kappa shape index (κ1) is 21.9. The Morgan fingerprint density at radius 3 is 2.38 bits per heavy atom. The molecule has 166 valence electrons. The molecule has 7 heteroatoms. The first-order chi connectivity index (χ1) is 15.6. The molecule has 1 aromatic heterocycles. The van der Waals surface area contributed by atoms with Crippen molar-refractivity contribution in [3.8, 4) is 5.75 Å². The molecule has 0 saturated heterocycles. The summed E-state index contributed by atoms with van der Waals surface area (Å²) in [5.74, 6) is 0.668. The van der Waals surface area contributed by atoms with E-state index in [9.17, 15) is 9.59 Å². The first-order valence-electron chi connectivity index (χ1n) is 10.7. The second-order valence-corrected chi connectivity index (χ2v) is 8.86. The summed E-state index contributed by atoms with van der Waals surface area (Å²) < 4.78 is 5.17. The number of rotatable bonds is 9. The maximum absolute atomic E-state index is 13.3. The average Bonchev–Trinajstić information content (AvgIpc) is 3.53. The highest BCUT2D eigenvalue weighted by molar-refractivity contribution is 7.09. The van der Waals surface area contributed by atoms with E-state index in [0.29, 0.717) is 18.8 Å². The molecule has 1 N–H and O–H groups in total. The van der Waals surface area contributed by atoms with E-state index in [4.69, 9.17) is 4.74 Å². The van der Waals surface area contributed by atoms with Crippen molar-refractivity contribution in [2.75, 3.05) is 19.0 Å². The number of hydrogen-bond donors (Lipinski definition) is 1. The van der Waals surface area contributed by atoms with Crippen LogP contribution in [0.25, 0.3) is 0 Å². The van der Waals surface area contributed by atoms with Crippen molar-refractivity contribution in [2.45, 2.75) is 32.0 Å². The van der Waals surface area contributed by atoms with Crippen LogP contribution in [0, 0.1) is 0 Å². The van der Waals surface area contributed by atoms with Crippen LogP contribution in [0.2, 0.25) is 0 Å². The third-order valence-electron chi connectivity index (χ3n) is 5.39. The number of methoxy groups -OCH3 is 1. The number of benzene rings is 2. The van der Waals surface area contributed by atoms with Gasteiger partial charge in [0.2, 0.25) is 5.91 Å². The molecule has 0 spiro atoms. The monoisotopic (exact) mass is 449 g/mol. The van der Waals surface area contributed by atoms with Crippen molar-refractivity contribution >= 4 is 29.0 Å². The van der Waals surface area contributed by atoms with Gasteiger partial charge in [-0.2, -0.15) is 0 Å². The third kappa shape index (κ3) is 5.88. The van der Waals surface area contributed by atoms with Gasteiger partial charge >= 0.3 is 6.03 Å². The molecule has 32 heavy (non-hydrogen) atoms. The molecule has 1 saturated carbocycles. The number of carbonyl (C=O) groups excluding carboxylic acids is 2. The highest BCUT2D eigenvalue weighted by Gasteiger charge is 2.35. The zero-order valence-corrected chi connectivity index (χ0v) is 18.9. The zero-order valence-electron chi connectivity index (χ0n) is 18.1. The van der Waals surface area contributed by atoms with Gasteiger partial charge in [-0.15, -0.1) is 11.3 Å². The van der Waals surface area contributed by atoms with E-state index in [1.807, 2.05) is 52.7 Å². The predicted molar refractivity (Wildman–Crippen MR) is 127 cm³/mol. The molecule has 1 fully saturated rings. The Balaban J connectivity index is 1.45. The van der Waals surface area contributed by atoms with E-state index >= 15 is 0 Å². The Bertz CT molecular complexity index is 1020. The van der Waals surface area contributed by atoms with Crippen LogP contribution in [-0.4, -0.2) is 41.4 Å². The minimum Gasteiger partial charge on any atom is -0.497 e. The van der Waals surface area contributed by atoms with Gasteiger partial charge in [0.05, 0.1) is 13.7 Å². The molecule has 4 rings (SSSR count). The standard InChI is InChI=1S/C25H27N3O3S/c1-31-22-13-9-20(10-14-22)26-25(30)28(21-11-12-21)18-24(29)27(17-23-8-5-15-32-23)16-19-6-3-2-4-7-19/h2-10,13-15,21H,11-12,16-18H2,1H3,(H,26,30). The van der Waals surface area contributed by atoms with Crippen molar-refractivity contribution in [1.29, 1.82) is 0 Å². The fraction of sp³-hybridized carbons (Fsp3) is 0.280. The van der Waals surface area contributed by atoms with Gasteiger partial charge in [-0.05, 0) is 54.1 Å². The molecular formula is C25H27N3O3S. The lowest BCUT2D eigenvalue weighted by Gasteiger charge is -2.28. The summed E-state index contributed by atoms with van der Waals surface area (Å²) in [5.41, 5.74) is 1.74. The molecule has 3 aromatic rings. The number of thiophene rings is 1. The molecule has 0 atom stereocenters. The molecular weight excluding hydrogens is 422 g/mol. The molecule has 0 unspecified atom stereocenters. The largest absolute Gasteiger partial charge is 0.497 e. The fourth-order valence-electron chi connectivity index (χ4n) is 3.50. The second kappa shape index (κ2) is 10.3. The number of carbonyl (C=O) groups is 2. The van der Waals surface area contributed by atoms with Gasteiger partial charge in [0.25, 0.3) is 0 Å². The number of amides is 3. The van der Waals surface area contributed by atoms with Gasteiger partial charge < -0.3 is 19.9 Å². The Morgan fingerprint density at radius 2 is 1.75 bits per heavy atom. The van der Waals surface area contributed by atoms with Gasteiger partial charge in [-0.3, -0.25) is 4.79 Å². The van der Waals surface area contributed by atoms with Crippen molar-refractivity contribution < 1.29 is 14.3 Å². The van der Waals surface area contributed by atoms with E-state index in [2.05, 4.69) is 5.32 Å². The molecule has 0 bridgehead atoms. The van der Waals surface area contributed by atoms with Crippen molar-refractivity contribution in [3.05, 3.63) is 82.6 Å². The number of ether oxygens (including phenoxy) is 1. The smallest absolute Gasteiger partial charge is 0.322 e. The quantitative estimate of drug-likeness (QED) is 0.501. The van der Waals surface area contributed by atoms with Crippen LogP contribution in [0.15, 0.2) is 72.1 Å². The van der Waals surface area contributed by atoms with E-state index in [-0.39, 0.29) is 24.5 Å². The van der Waals surface area contributed by atoms with E-state index in [1.54, 1.807) is 47.6 Å². The lowest BCUT2D eigenvalue weighted by Crippen LogP contribution is -2.45. The normalized spacial score (nSPS) is 12.8. The van der Waals surface area contributed by atoms with Crippen molar-refractivity contribution in [2.24, 2.45) is 0 Å². The predicted octanol–water partition coefficient (Wildman–Crippen LogP) is 4.98. The maximum atomic E-state index is 13.3. The van der Waals surface area contributed by atoms with Gasteiger partial charge in [0.1, 0.15) is 12.3 Å². The number of anilines is 1. The summed E-state index contributed by atoms with van der Waals surface area (Å²) in [7, 11) is 1.60. The van der Waals surface area contributed by atoms with Crippen LogP contribution in [0.4, 0.5) is 10.5 Å². The Morgan fingerprint density at radius 1 is 1.00 bits per heavy atom. The fourth-order valence-corrected chi connectivity index (χ4v) is 4.21. The number of urea groups is 1. The van der Waals surface area contributed by atoms with Crippen LogP contribution < -0.4 is 10.1 Å². The molecule has 6 nitrogen and oxygen atoms in total. The molecule has 1 heterocycles. The van der Waals surface area contributed by atoms with Gasteiger partial charge in [0, 0.05) is 23.2 Å². The number of nitrogens with zero attached hydrogens (tertiary/aromatic N) is 2. The Kier molecular flexibility index (Phi) is 7.07. The molecule has 1 aliphatic rings. The Labute approximate surface area is 192 Å². The molecule has 0 aliphatic heterocycles. The molecule has 2 aromatic carbocycles. The lowest BCUT2D eigenvalue weighted by molar-refractivity contribution is -0.133. The van der Waals surface area contributed by atoms with E-state index in [0.717, 1.165) is 29.0 Å². The number of nitrogens with one attached hydrogen (secondary N) is 1. The van der Waals surface area contributed by atoms with Crippen LogP contribution >= 0.6 is 11.3 Å². The summed E-state index contributed by atoms with van der Waals surface area (Å²) in [4.78, 5) is 31.0. The Hall–Kier alpha value is -3.32. The minimum atomic E-state index is -0.248. The van der Waals surface area contributed by atoms with Gasteiger partial charge in [0.15, 0.2) is 0 Å². The lowest BCUT2D eigenvalue weighted by atomic mass is 10.2. The summed E-state index contributed by atoms with van der Waals surface area (Å²) in [6.07, 6.45) is 1.85. The highest BCUT2D eigenvalue weighted by Crippen LogP contribution is 2.28. The van der Waals surface area contributed by atoms with Gasteiger partial charge in [-0.1, -0.05) is 36.4 Å². The van der Waals surface area contributed by atoms with Crippen LogP contribution in [-0.2, 0) is 17.9 Å². The minimum absolute atomic E-state index is 0.0565. The SMILES string of the molecule is COc1ccc(NC(=O)N(CC(=O)N(Cc2ccccc2)Cc2cccs2)C2CC2)cc1. The molecule has 3 amide bonds. The van der Waals surface area contributed by atoms with Gasteiger partial charge in [-0.25, -0.2) is 4.79 Å². The molecule has 0 radical (unpaired) electrons. The van der Waals surface area contributed by atoms with Crippen LogP contribution in [0.1, 0.15) is 23.3 Å². The topological polar surface area (TPSA) is 61.9 Å². The summed E-state index contributed by atoms with van der Waals surface area (Å²) in [5, 5.41) is 4.93. The molecule has 1 aliphatic carbocycles. The van der Waals surface area contributed by atoms with Crippen LogP contribution in [0.5, 0.6) is 5.75 Å². The summed E-state index contributed by atoms with van der Waals surface area (Å²) in [6, 6.07) is 21.0. The van der Waals surface area contributed by atoms with E-state index in [1.165, 1.54) is 0 Å². The first-order valence-corrected chi connectivity index (χ1v) is 11.6. The average molecular weight is 450 g/mol. The summed E-state index contributed by atoms with van der Waals surface area (Å²) >= 11 is 1.63. The zero-order chi connectivity index (χ0) is 22.3. The van der Waals surface area contributed by atoms with Crippen molar-refractivity contribution in [1.82, 2.24) is 9.80 Å². The summed E-state index contributed by atoms with van der Waals surface area (Å²) in [6.45, 7) is 1.10. The van der Waals surface area contributed by atoms with E-state index < -0.39 is 0 Å². The highest BCUT2D eigenvalue weighted by atomic mass is 32.1.